The van der Waals surface area contributed by atoms with E-state index in [1.807, 2.05) is 6.07 Å². The van der Waals surface area contributed by atoms with Crippen LogP contribution in [-0.4, -0.2) is 45.7 Å². The number of hydrogen-bond acceptors (Lipinski definition) is 7. The number of rotatable bonds is 11. The van der Waals surface area contributed by atoms with Crippen LogP contribution in [0.4, 0.5) is 11.4 Å². The monoisotopic (exact) mass is 606 g/mol. The lowest BCUT2D eigenvalue weighted by atomic mass is 10.1. The van der Waals surface area contributed by atoms with Crippen molar-refractivity contribution in [2.75, 3.05) is 17.6 Å². The first-order valence-electron chi connectivity index (χ1n) is 13.6. The van der Waals surface area contributed by atoms with Crippen LogP contribution in [0.15, 0.2) is 114 Å². The van der Waals surface area contributed by atoms with Crippen molar-refractivity contribution in [1.29, 1.82) is 0 Å². The summed E-state index contributed by atoms with van der Waals surface area (Å²) in [5, 5.41) is 16.9. The zero-order chi connectivity index (χ0) is 31.1. The fraction of sp³-hybridized carbons (Fsp3) is 0.0909. The molecule has 5 rings (SSSR count). The van der Waals surface area contributed by atoms with Gasteiger partial charge in [0.05, 0.1) is 21.6 Å². The molecule has 4 aromatic carbocycles. The molecule has 0 aliphatic carbocycles. The smallest absolute Gasteiger partial charge is 0.276 e. The van der Waals surface area contributed by atoms with Gasteiger partial charge in [-0.15, -0.1) is 11.8 Å². The zero-order valence-corrected chi connectivity index (χ0v) is 24.1. The predicted octanol–water partition coefficient (Wildman–Crippen LogP) is 5.78. The van der Waals surface area contributed by atoms with Gasteiger partial charge in [0, 0.05) is 28.8 Å². The Labute approximate surface area is 256 Å². The number of nitrogens with zero attached hydrogens (tertiary/aromatic N) is 2. The molecule has 10 nitrogen and oxygen atoms in total. The molecule has 0 spiro atoms. The van der Waals surface area contributed by atoms with Crippen LogP contribution in [0.25, 0.3) is 6.08 Å². The highest BCUT2D eigenvalue weighted by Crippen LogP contribution is 2.26. The van der Waals surface area contributed by atoms with E-state index in [1.165, 1.54) is 40.9 Å². The summed E-state index contributed by atoms with van der Waals surface area (Å²) in [4.78, 5) is 64.6. The molecule has 44 heavy (non-hydrogen) atoms. The number of para-hydroxylation sites is 1. The summed E-state index contributed by atoms with van der Waals surface area (Å²) in [6.45, 7) is 0.288. The van der Waals surface area contributed by atoms with Crippen molar-refractivity contribution in [3.63, 3.8) is 0 Å². The minimum absolute atomic E-state index is 0.151. The van der Waals surface area contributed by atoms with Gasteiger partial charge in [-0.1, -0.05) is 48.5 Å². The third-order valence-corrected chi connectivity index (χ3v) is 7.81. The van der Waals surface area contributed by atoms with E-state index >= 15 is 0 Å². The number of fused-ring (bicyclic) bond motifs is 1. The molecule has 0 radical (unpaired) electrons. The van der Waals surface area contributed by atoms with Gasteiger partial charge >= 0.3 is 0 Å². The number of nitro benzene ring substituents is 1. The Morgan fingerprint density at radius 2 is 1.50 bits per heavy atom. The first kappa shape index (κ1) is 29.9. The maximum atomic E-state index is 13.4. The summed E-state index contributed by atoms with van der Waals surface area (Å²) in [5.74, 6) is -1.18. The minimum atomic E-state index is -0.666. The number of carbonyl (C=O) groups is 4. The maximum absolute atomic E-state index is 13.4. The van der Waals surface area contributed by atoms with Gasteiger partial charge in [-0.05, 0) is 66.8 Å². The summed E-state index contributed by atoms with van der Waals surface area (Å²) in [7, 11) is 0. The summed E-state index contributed by atoms with van der Waals surface area (Å²) in [5.41, 5.74) is 1.36. The quantitative estimate of drug-likeness (QED) is 0.0551. The van der Waals surface area contributed by atoms with Gasteiger partial charge in [0.15, 0.2) is 0 Å². The predicted molar refractivity (Wildman–Crippen MR) is 167 cm³/mol. The molecule has 2 N–H and O–H groups in total. The summed E-state index contributed by atoms with van der Waals surface area (Å²) >= 11 is 1.50. The van der Waals surface area contributed by atoms with Gasteiger partial charge in [-0.2, -0.15) is 0 Å². The van der Waals surface area contributed by atoms with Crippen molar-refractivity contribution in [2.45, 2.75) is 11.3 Å². The molecule has 0 unspecified atom stereocenters. The zero-order valence-electron chi connectivity index (χ0n) is 23.3. The van der Waals surface area contributed by atoms with E-state index in [0.717, 1.165) is 4.90 Å². The number of imide groups is 1. The number of thioether (sulfide) groups is 1. The van der Waals surface area contributed by atoms with Crippen LogP contribution in [0, 0.1) is 10.1 Å². The highest BCUT2D eigenvalue weighted by molar-refractivity contribution is 7.99. The van der Waals surface area contributed by atoms with Gasteiger partial charge < -0.3 is 10.6 Å². The maximum Gasteiger partial charge on any atom is 0.276 e. The molecule has 0 fully saturated rings. The Morgan fingerprint density at radius 1 is 0.841 bits per heavy atom. The van der Waals surface area contributed by atoms with Gasteiger partial charge in [0.25, 0.3) is 29.3 Å². The van der Waals surface area contributed by atoms with E-state index in [0.29, 0.717) is 34.6 Å². The average Bonchev–Trinajstić information content (AvgIpc) is 3.28. The molecular formula is C33H26N4O6S. The molecule has 0 atom stereocenters. The van der Waals surface area contributed by atoms with E-state index in [-0.39, 0.29) is 35.3 Å². The van der Waals surface area contributed by atoms with Crippen molar-refractivity contribution in [1.82, 2.24) is 10.2 Å². The lowest BCUT2D eigenvalue weighted by molar-refractivity contribution is -0.385. The number of carbonyl (C=O) groups excluding carboxylic acids is 4. The average molecular weight is 607 g/mol. The second kappa shape index (κ2) is 13.6. The first-order valence-corrected chi connectivity index (χ1v) is 14.6. The molecule has 0 aromatic heterocycles. The van der Waals surface area contributed by atoms with Crippen molar-refractivity contribution in [3.8, 4) is 0 Å². The Bertz CT molecular complexity index is 1760. The Hall–Kier alpha value is -5.55. The molecule has 11 heteroatoms. The number of hydrogen-bond donors (Lipinski definition) is 2. The molecule has 0 saturated carbocycles. The fourth-order valence-electron chi connectivity index (χ4n) is 4.59. The lowest BCUT2D eigenvalue weighted by Crippen LogP contribution is -2.31. The fourth-order valence-corrected chi connectivity index (χ4v) is 5.48. The van der Waals surface area contributed by atoms with Crippen LogP contribution >= 0.6 is 11.8 Å². The van der Waals surface area contributed by atoms with Crippen LogP contribution in [0.3, 0.4) is 0 Å². The Morgan fingerprint density at radius 3 is 2.20 bits per heavy atom. The van der Waals surface area contributed by atoms with Gasteiger partial charge in [0.1, 0.15) is 5.70 Å². The van der Waals surface area contributed by atoms with Crippen LogP contribution in [0.5, 0.6) is 0 Å². The molecule has 220 valence electrons. The standard InChI is InChI=1S/C33H26N4O6S/c38-30(22-10-2-1-3-11-22)35-28(20-23-12-4-7-17-29(23)37(42)43)31(39)34-24-13-8-14-25(21-24)44-19-9-18-36-32(40)26-15-5-6-16-27(26)33(36)41/h1-8,10-17,20-21H,9,18-19H2,(H,34,39)(H,35,38)/b28-20+. The molecule has 1 heterocycles. The molecule has 1 aliphatic heterocycles. The SMILES string of the molecule is O=C(Nc1cccc(SCCCN2C(=O)c3ccccc3C2=O)c1)/C(=C\c1ccccc1[N+](=O)[O-])NC(=O)c1ccccc1. The van der Waals surface area contributed by atoms with E-state index in [1.54, 1.807) is 78.9 Å². The summed E-state index contributed by atoms with van der Waals surface area (Å²) < 4.78 is 0. The molecule has 4 amide bonds. The second-order valence-electron chi connectivity index (χ2n) is 9.69. The molecule has 0 bridgehead atoms. The van der Waals surface area contributed by atoms with E-state index in [9.17, 15) is 29.3 Å². The third-order valence-electron chi connectivity index (χ3n) is 6.73. The van der Waals surface area contributed by atoms with E-state index in [2.05, 4.69) is 10.6 Å². The number of amides is 4. The molecular weight excluding hydrogens is 580 g/mol. The Balaban J connectivity index is 1.25. The van der Waals surface area contributed by atoms with Crippen molar-refractivity contribution in [3.05, 3.63) is 141 Å². The van der Waals surface area contributed by atoms with Crippen LogP contribution in [-0.2, 0) is 4.79 Å². The largest absolute Gasteiger partial charge is 0.321 e. The molecule has 4 aromatic rings. The van der Waals surface area contributed by atoms with Crippen LogP contribution in [0.2, 0.25) is 0 Å². The van der Waals surface area contributed by atoms with Crippen molar-refractivity contribution >= 4 is 52.8 Å². The van der Waals surface area contributed by atoms with Gasteiger partial charge in [-0.3, -0.25) is 34.2 Å². The van der Waals surface area contributed by atoms with Gasteiger partial charge in [-0.25, -0.2) is 0 Å². The summed E-state index contributed by atoms with van der Waals surface area (Å²) in [6, 6.07) is 28.0. The number of nitrogens with one attached hydrogen (secondary N) is 2. The number of nitro groups is 1. The highest BCUT2D eigenvalue weighted by Gasteiger charge is 2.34. The van der Waals surface area contributed by atoms with Crippen LogP contribution in [0.1, 0.15) is 43.1 Å². The van der Waals surface area contributed by atoms with E-state index in [4.69, 9.17) is 0 Å². The summed E-state index contributed by atoms with van der Waals surface area (Å²) in [6.07, 6.45) is 1.84. The van der Waals surface area contributed by atoms with Crippen LogP contribution < -0.4 is 10.6 Å². The normalized spacial score (nSPS) is 12.5. The Kier molecular flexibility index (Phi) is 9.26. The van der Waals surface area contributed by atoms with Crippen molar-refractivity contribution < 1.29 is 24.1 Å². The molecule has 0 saturated heterocycles. The highest BCUT2D eigenvalue weighted by atomic mass is 32.2. The number of anilines is 1. The topological polar surface area (TPSA) is 139 Å². The minimum Gasteiger partial charge on any atom is -0.321 e. The number of benzene rings is 4. The second-order valence-corrected chi connectivity index (χ2v) is 10.9. The van der Waals surface area contributed by atoms with E-state index < -0.39 is 16.7 Å². The van der Waals surface area contributed by atoms with Crippen molar-refractivity contribution in [2.24, 2.45) is 0 Å². The first-order chi connectivity index (χ1) is 21.3. The molecule has 1 aliphatic rings. The third kappa shape index (κ3) is 6.90. The lowest BCUT2D eigenvalue weighted by Gasteiger charge is -2.14. The van der Waals surface area contributed by atoms with Gasteiger partial charge in [0.2, 0.25) is 0 Å².